The molecule has 82 valence electrons. The van der Waals surface area contributed by atoms with Crippen LogP contribution in [0.1, 0.15) is 12.0 Å². The Morgan fingerprint density at radius 3 is 2.69 bits per heavy atom. The number of para-hydroxylation sites is 1. The number of nitrogens with one attached hydrogen (secondary N) is 1. The van der Waals surface area contributed by atoms with Gasteiger partial charge in [-0.15, -0.1) is 0 Å². The Bertz CT molecular complexity index is 474. The number of benzene rings is 1. The maximum absolute atomic E-state index is 10.5. The number of thiocarbonyl (C=S) groups is 1. The summed E-state index contributed by atoms with van der Waals surface area (Å²) in [6.07, 6.45) is 0.0292. The second kappa shape index (κ2) is 5.73. The fourth-order valence-electron chi connectivity index (χ4n) is 1.06. The summed E-state index contributed by atoms with van der Waals surface area (Å²) in [4.78, 5) is 10.5. The molecule has 0 aliphatic rings. The first kappa shape index (κ1) is 12.0. The van der Waals surface area contributed by atoms with E-state index < -0.39 is 5.91 Å². The van der Waals surface area contributed by atoms with E-state index in [9.17, 15) is 4.79 Å². The zero-order valence-corrected chi connectivity index (χ0v) is 9.30. The molecule has 0 spiro atoms. The lowest BCUT2D eigenvalue weighted by Gasteiger charge is -2.05. The van der Waals surface area contributed by atoms with Crippen molar-refractivity contribution in [3.63, 3.8) is 0 Å². The Labute approximate surface area is 99.0 Å². The molecular formula is C11H11N3OS. The Balaban J connectivity index is 2.89. The second-order valence-electron chi connectivity index (χ2n) is 2.98. The number of primary amides is 1. The molecule has 4 nitrogen and oxygen atoms in total. The summed E-state index contributed by atoms with van der Waals surface area (Å²) in [5.74, 6) is 5.04. The molecular weight excluding hydrogens is 222 g/mol. The molecule has 5 heteroatoms. The van der Waals surface area contributed by atoms with E-state index in [1.807, 2.05) is 12.1 Å². The van der Waals surface area contributed by atoms with Crippen molar-refractivity contribution in [2.75, 3.05) is 5.32 Å². The Kier molecular flexibility index (Phi) is 4.30. The zero-order chi connectivity index (χ0) is 12.0. The first-order chi connectivity index (χ1) is 7.59. The van der Waals surface area contributed by atoms with Crippen LogP contribution in [0.15, 0.2) is 24.3 Å². The summed E-state index contributed by atoms with van der Waals surface area (Å²) in [6, 6.07) is 7.26. The number of carbonyl (C=O) groups excluding carboxylic acids is 1. The average Bonchev–Trinajstić information content (AvgIpc) is 2.19. The second-order valence-corrected chi connectivity index (χ2v) is 3.42. The standard InChI is InChI=1S/C11H11N3OS/c12-10(15)7-3-5-8-4-1-2-6-9(8)14-11(13)16/h1-2,4,6H,7H2,(H2,12,15)(H3,13,14,16). The molecule has 0 aliphatic heterocycles. The lowest BCUT2D eigenvalue weighted by molar-refractivity contribution is -0.117. The van der Waals surface area contributed by atoms with Crippen LogP contribution in [0, 0.1) is 11.8 Å². The fraction of sp³-hybridized carbons (Fsp3) is 0.0909. The molecule has 16 heavy (non-hydrogen) atoms. The minimum Gasteiger partial charge on any atom is -0.376 e. The third kappa shape index (κ3) is 3.98. The molecule has 1 aromatic carbocycles. The van der Waals surface area contributed by atoms with E-state index in [1.54, 1.807) is 12.1 Å². The summed E-state index contributed by atoms with van der Waals surface area (Å²) in [5.41, 5.74) is 11.8. The van der Waals surface area contributed by atoms with Gasteiger partial charge in [0.25, 0.3) is 0 Å². The molecule has 0 heterocycles. The molecule has 0 bridgehead atoms. The van der Waals surface area contributed by atoms with Gasteiger partial charge in [-0.25, -0.2) is 0 Å². The molecule has 1 rings (SSSR count). The van der Waals surface area contributed by atoms with E-state index in [1.165, 1.54) is 0 Å². The highest BCUT2D eigenvalue weighted by molar-refractivity contribution is 7.80. The lowest BCUT2D eigenvalue weighted by Crippen LogP contribution is -2.19. The van der Waals surface area contributed by atoms with E-state index in [-0.39, 0.29) is 11.5 Å². The van der Waals surface area contributed by atoms with Crippen LogP contribution in [0.2, 0.25) is 0 Å². The molecule has 0 saturated carbocycles. The van der Waals surface area contributed by atoms with Crippen LogP contribution in [0.4, 0.5) is 5.69 Å². The van der Waals surface area contributed by atoms with Crippen molar-refractivity contribution in [2.45, 2.75) is 6.42 Å². The van der Waals surface area contributed by atoms with Crippen molar-refractivity contribution < 1.29 is 4.79 Å². The summed E-state index contributed by atoms with van der Waals surface area (Å²) < 4.78 is 0. The van der Waals surface area contributed by atoms with Gasteiger partial charge < -0.3 is 16.8 Å². The molecule has 5 N–H and O–H groups in total. The van der Waals surface area contributed by atoms with Gasteiger partial charge in [0.05, 0.1) is 12.1 Å². The van der Waals surface area contributed by atoms with Gasteiger partial charge in [-0.05, 0) is 24.4 Å². The van der Waals surface area contributed by atoms with Crippen LogP contribution >= 0.6 is 12.2 Å². The van der Waals surface area contributed by atoms with Gasteiger partial charge in [0.15, 0.2) is 5.11 Å². The normalized spacial score (nSPS) is 8.75. The summed E-state index contributed by atoms with van der Waals surface area (Å²) in [6.45, 7) is 0. The van der Waals surface area contributed by atoms with E-state index in [4.69, 9.17) is 23.7 Å². The Morgan fingerprint density at radius 1 is 1.38 bits per heavy atom. The average molecular weight is 233 g/mol. The minimum absolute atomic E-state index is 0.0292. The van der Waals surface area contributed by atoms with Crippen molar-refractivity contribution in [1.82, 2.24) is 0 Å². The number of amides is 1. The lowest BCUT2D eigenvalue weighted by atomic mass is 10.2. The predicted molar refractivity (Wildman–Crippen MR) is 67.5 cm³/mol. The van der Waals surface area contributed by atoms with Gasteiger partial charge >= 0.3 is 0 Å². The number of rotatable bonds is 2. The van der Waals surface area contributed by atoms with Crippen LogP contribution in [-0.2, 0) is 4.79 Å². The maximum Gasteiger partial charge on any atom is 0.229 e. The van der Waals surface area contributed by atoms with Crippen LogP contribution in [0.3, 0.4) is 0 Å². The van der Waals surface area contributed by atoms with Crippen LogP contribution in [0.25, 0.3) is 0 Å². The number of nitrogens with two attached hydrogens (primary N) is 2. The predicted octanol–water partition coefficient (Wildman–Crippen LogP) is 0.569. The van der Waals surface area contributed by atoms with Crippen molar-refractivity contribution in [3.05, 3.63) is 29.8 Å². The van der Waals surface area contributed by atoms with Crippen molar-refractivity contribution in [3.8, 4) is 11.8 Å². The third-order valence-corrected chi connectivity index (χ3v) is 1.77. The topological polar surface area (TPSA) is 81.1 Å². The largest absolute Gasteiger partial charge is 0.376 e. The molecule has 0 fully saturated rings. The summed E-state index contributed by atoms with van der Waals surface area (Å²) >= 11 is 4.74. The minimum atomic E-state index is -0.452. The molecule has 1 amide bonds. The Hall–Kier alpha value is -2.06. The number of hydrogen-bond acceptors (Lipinski definition) is 2. The van der Waals surface area contributed by atoms with Crippen LogP contribution in [0.5, 0.6) is 0 Å². The summed E-state index contributed by atoms with van der Waals surface area (Å²) in [5, 5.41) is 2.97. The SMILES string of the molecule is NC(=O)CC#Cc1ccccc1NC(N)=S. The Morgan fingerprint density at radius 2 is 2.06 bits per heavy atom. The van der Waals surface area contributed by atoms with Gasteiger partial charge in [-0.1, -0.05) is 24.0 Å². The third-order valence-electron chi connectivity index (χ3n) is 1.67. The van der Waals surface area contributed by atoms with Crippen molar-refractivity contribution in [1.29, 1.82) is 0 Å². The van der Waals surface area contributed by atoms with Gasteiger partial charge in [0, 0.05) is 5.56 Å². The van der Waals surface area contributed by atoms with E-state index >= 15 is 0 Å². The molecule has 0 aliphatic carbocycles. The first-order valence-corrected chi connectivity index (χ1v) is 4.93. The van der Waals surface area contributed by atoms with Gasteiger partial charge in [0.1, 0.15) is 0 Å². The number of carbonyl (C=O) groups is 1. The molecule has 0 radical (unpaired) electrons. The fourth-order valence-corrected chi connectivity index (χ4v) is 1.17. The molecule has 0 unspecified atom stereocenters. The smallest absolute Gasteiger partial charge is 0.229 e. The maximum atomic E-state index is 10.5. The quantitative estimate of drug-likeness (QED) is 0.515. The first-order valence-electron chi connectivity index (χ1n) is 4.52. The van der Waals surface area contributed by atoms with Crippen LogP contribution in [-0.4, -0.2) is 11.0 Å². The molecule has 0 atom stereocenters. The van der Waals surface area contributed by atoms with E-state index in [2.05, 4.69) is 17.2 Å². The zero-order valence-electron chi connectivity index (χ0n) is 8.49. The molecule has 0 aromatic heterocycles. The number of anilines is 1. The highest BCUT2D eigenvalue weighted by Crippen LogP contribution is 2.13. The monoisotopic (exact) mass is 233 g/mol. The summed E-state index contributed by atoms with van der Waals surface area (Å²) in [7, 11) is 0. The number of hydrogen-bond donors (Lipinski definition) is 3. The van der Waals surface area contributed by atoms with E-state index in [0.717, 1.165) is 5.56 Å². The van der Waals surface area contributed by atoms with Crippen LogP contribution < -0.4 is 16.8 Å². The van der Waals surface area contributed by atoms with E-state index in [0.29, 0.717) is 5.69 Å². The van der Waals surface area contributed by atoms with Crippen molar-refractivity contribution >= 4 is 28.9 Å². The highest BCUT2D eigenvalue weighted by atomic mass is 32.1. The van der Waals surface area contributed by atoms with Crippen molar-refractivity contribution in [2.24, 2.45) is 11.5 Å². The highest BCUT2D eigenvalue weighted by Gasteiger charge is 1.98. The van der Waals surface area contributed by atoms with Gasteiger partial charge in [-0.3, -0.25) is 4.79 Å². The molecule has 1 aromatic rings. The van der Waals surface area contributed by atoms with Gasteiger partial charge in [-0.2, -0.15) is 0 Å². The van der Waals surface area contributed by atoms with Gasteiger partial charge in [0.2, 0.25) is 5.91 Å². The molecule has 0 saturated heterocycles.